The molecule has 2 nitrogen and oxygen atoms in total. The van der Waals surface area contributed by atoms with Gasteiger partial charge in [-0.1, -0.05) is 13.8 Å². The van der Waals surface area contributed by atoms with Crippen molar-refractivity contribution in [2.45, 2.75) is 27.3 Å². The van der Waals surface area contributed by atoms with E-state index in [0.29, 0.717) is 5.92 Å². The Morgan fingerprint density at radius 1 is 1.50 bits per heavy atom. The van der Waals surface area contributed by atoms with Gasteiger partial charge in [-0.2, -0.15) is 0 Å². The maximum atomic E-state index is 11.0. The van der Waals surface area contributed by atoms with Crippen LogP contribution in [-0.2, 0) is 6.54 Å². The van der Waals surface area contributed by atoms with E-state index < -0.39 is 0 Å². The molecule has 66 valence electrons. The number of aryl methyl sites for hydroxylation is 1. The van der Waals surface area contributed by atoms with E-state index in [1.807, 2.05) is 19.3 Å². The van der Waals surface area contributed by atoms with Gasteiger partial charge in [-0.05, 0) is 12.8 Å². The van der Waals surface area contributed by atoms with Crippen molar-refractivity contribution in [2.75, 3.05) is 0 Å². The zero-order valence-corrected chi connectivity index (χ0v) is 7.87. The molecular weight excluding hydrogens is 150 g/mol. The van der Waals surface area contributed by atoms with Crippen molar-refractivity contribution in [3.63, 3.8) is 0 Å². The quantitative estimate of drug-likeness (QED) is 0.655. The van der Waals surface area contributed by atoms with Crippen molar-refractivity contribution in [3.05, 3.63) is 34.2 Å². The fourth-order valence-electron chi connectivity index (χ4n) is 1.19. The molecule has 0 unspecified atom stereocenters. The van der Waals surface area contributed by atoms with Gasteiger partial charge in [-0.15, -0.1) is 0 Å². The molecule has 1 aromatic rings. The molecule has 0 spiro atoms. The summed E-state index contributed by atoms with van der Waals surface area (Å²) in [4.78, 5) is 11.0. The van der Waals surface area contributed by atoms with Gasteiger partial charge in [0.25, 0.3) is 0 Å². The zero-order chi connectivity index (χ0) is 9.14. The number of rotatable bonds is 2. The number of pyridine rings is 1. The van der Waals surface area contributed by atoms with E-state index in [1.165, 1.54) is 0 Å². The second-order valence-electron chi connectivity index (χ2n) is 3.58. The van der Waals surface area contributed by atoms with Gasteiger partial charge in [-0.25, -0.2) is 0 Å². The van der Waals surface area contributed by atoms with Crippen LogP contribution in [0.3, 0.4) is 0 Å². The zero-order valence-electron chi connectivity index (χ0n) is 7.87. The van der Waals surface area contributed by atoms with Crippen molar-refractivity contribution >= 4 is 0 Å². The van der Waals surface area contributed by atoms with Gasteiger partial charge in [0.2, 0.25) is 0 Å². The highest BCUT2D eigenvalue weighted by Crippen LogP contribution is 1.98. The molecule has 0 bridgehead atoms. The Hall–Kier alpha value is -1.05. The fourth-order valence-corrected chi connectivity index (χ4v) is 1.19. The Kier molecular flexibility index (Phi) is 2.69. The van der Waals surface area contributed by atoms with Crippen molar-refractivity contribution in [1.29, 1.82) is 0 Å². The van der Waals surface area contributed by atoms with E-state index in [1.54, 1.807) is 6.07 Å². The molecule has 0 saturated heterocycles. The molecule has 1 heterocycles. The van der Waals surface area contributed by atoms with Crippen molar-refractivity contribution in [2.24, 2.45) is 5.92 Å². The van der Waals surface area contributed by atoms with Crippen LogP contribution in [0.25, 0.3) is 0 Å². The predicted octanol–water partition coefficient (Wildman–Crippen LogP) is 1.81. The van der Waals surface area contributed by atoms with Crippen LogP contribution in [0, 0.1) is 12.8 Å². The van der Waals surface area contributed by atoms with Crippen LogP contribution in [0.15, 0.2) is 23.3 Å². The third kappa shape index (κ3) is 2.22. The minimum Gasteiger partial charge on any atom is -0.353 e. The predicted molar refractivity (Wildman–Crippen MR) is 50.3 cm³/mol. The summed E-state index contributed by atoms with van der Waals surface area (Å²) in [6.07, 6.45) is 3.75. The van der Waals surface area contributed by atoms with E-state index in [4.69, 9.17) is 0 Å². The highest BCUT2D eigenvalue weighted by molar-refractivity contribution is 5.07. The van der Waals surface area contributed by atoms with Gasteiger partial charge < -0.3 is 4.57 Å². The van der Waals surface area contributed by atoms with E-state index in [9.17, 15) is 4.79 Å². The van der Waals surface area contributed by atoms with Crippen LogP contribution in [-0.4, -0.2) is 4.57 Å². The molecule has 0 amide bonds. The largest absolute Gasteiger partial charge is 0.353 e. The normalized spacial score (nSPS) is 10.7. The summed E-state index contributed by atoms with van der Waals surface area (Å²) >= 11 is 0. The minimum atomic E-state index is 0.120. The minimum absolute atomic E-state index is 0.120. The van der Waals surface area contributed by atoms with Crippen LogP contribution in [0.2, 0.25) is 0 Å². The standard InChI is InChI=1S/C10H15NO/c1-8(2)6-11-5-4-10(12)9(3)7-11/h4-5,7-8H,6H2,1-3H3. The van der Waals surface area contributed by atoms with Gasteiger partial charge in [0.05, 0.1) is 0 Å². The summed E-state index contributed by atoms with van der Waals surface area (Å²) in [5.74, 6) is 0.618. The lowest BCUT2D eigenvalue weighted by Crippen LogP contribution is -2.11. The lowest BCUT2D eigenvalue weighted by Gasteiger charge is -2.08. The first-order chi connectivity index (χ1) is 5.59. The second-order valence-corrected chi connectivity index (χ2v) is 3.58. The van der Waals surface area contributed by atoms with E-state index in [2.05, 4.69) is 18.4 Å². The molecule has 0 saturated carbocycles. The molecule has 0 aliphatic carbocycles. The number of hydrogen-bond acceptors (Lipinski definition) is 1. The van der Waals surface area contributed by atoms with Gasteiger partial charge >= 0.3 is 0 Å². The molecular formula is C10H15NO. The number of hydrogen-bond donors (Lipinski definition) is 0. The smallest absolute Gasteiger partial charge is 0.184 e. The van der Waals surface area contributed by atoms with Gasteiger partial charge in [0, 0.05) is 30.6 Å². The Labute approximate surface area is 72.8 Å². The van der Waals surface area contributed by atoms with Crippen molar-refractivity contribution in [1.82, 2.24) is 4.57 Å². The third-order valence-corrected chi connectivity index (χ3v) is 1.74. The molecule has 2 heteroatoms. The molecule has 0 N–H and O–H groups in total. The summed E-state index contributed by atoms with van der Waals surface area (Å²) in [5.41, 5.74) is 0.938. The lowest BCUT2D eigenvalue weighted by molar-refractivity contribution is 0.519. The Morgan fingerprint density at radius 3 is 2.67 bits per heavy atom. The van der Waals surface area contributed by atoms with Crippen molar-refractivity contribution in [3.8, 4) is 0 Å². The topological polar surface area (TPSA) is 22.0 Å². The van der Waals surface area contributed by atoms with Gasteiger partial charge in [0.1, 0.15) is 0 Å². The molecule has 0 aromatic carbocycles. The fraction of sp³-hybridized carbons (Fsp3) is 0.500. The molecule has 0 atom stereocenters. The summed E-state index contributed by atoms with van der Waals surface area (Å²) < 4.78 is 2.06. The molecule has 0 radical (unpaired) electrons. The maximum absolute atomic E-state index is 11.0. The monoisotopic (exact) mass is 165 g/mol. The Bertz CT molecular complexity index is 312. The highest BCUT2D eigenvalue weighted by atomic mass is 16.1. The summed E-state index contributed by atoms with van der Waals surface area (Å²) in [7, 11) is 0. The van der Waals surface area contributed by atoms with E-state index in [-0.39, 0.29) is 5.43 Å². The van der Waals surface area contributed by atoms with Crippen LogP contribution in [0.4, 0.5) is 0 Å². The molecule has 0 aliphatic heterocycles. The second kappa shape index (κ2) is 3.57. The average Bonchev–Trinajstić information content (AvgIpc) is 1.96. The third-order valence-electron chi connectivity index (χ3n) is 1.74. The summed E-state index contributed by atoms with van der Waals surface area (Å²) in [6.45, 7) is 7.14. The van der Waals surface area contributed by atoms with Crippen LogP contribution in [0.1, 0.15) is 19.4 Å². The summed E-state index contributed by atoms with van der Waals surface area (Å²) in [6, 6.07) is 1.62. The van der Waals surface area contributed by atoms with E-state index >= 15 is 0 Å². The van der Waals surface area contributed by atoms with Gasteiger partial charge in [0.15, 0.2) is 5.43 Å². The average molecular weight is 165 g/mol. The van der Waals surface area contributed by atoms with E-state index in [0.717, 1.165) is 12.1 Å². The molecule has 1 rings (SSSR count). The first-order valence-corrected chi connectivity index (χ1v) is 4.26. The van der Waals surface area contributed by atoms with Crippen LogP contribution < -0.4 is 5.43 Å². The summed E-state index contributed by atoms with van der Waals surface area (Å²) in [5, 5.41) is 0. The maximum Gasteiger partial charge on any atom is 0.184 e. The first-order valence-electron chi connectivity index (χ1n) is 4.26. The van der Waals surface area contributed by atoms with Crippen LogP contribution in [0.5, 0.6) is 0 Å². The molecule has 1 aromatic heterocycles. The SMILES string of the molecule is Cc1cn(CC(C)C)ccc1=O. The highest BCUT2D eigenvalue weighted by Gasteiger charge is 1.96. The molecule has 12 heavy (non-hydrogen) atoms. The van der Waals surface area contributed by atoms with Crippen molar-refractivity contribution < 1.29 is 0 Å². The first kappa shape index (κ1) is 9.04. The molecule has 0 fully saturated rings. The number of nitrogens with zero attached hydrogens (tertiary/aromatic N) is 1. The lowest BCUT2D eigenvalue weighted by atomic mass is 10.2. The van der Waals surface area contributed by atoms with Gasteiger partial charge in [-0.3, -0.25) is 4.79 Å². The Morgan fingerprint density at radius 2 is 2.17 bits per heavy atom. The number of aromatic nitrogens is 1. The Balaban J connectivity index is 2.90. The molecule has 0 aliphatic rings. The van der Waals surface area contributed by atoms with Crippen LogP contribution >= 0.6 is 0 Å².